The molecule has 0 aromatic carbocycles. The maximum Gasteiger partial charge on any atom is 0.208 e. The number of nitrogens with zero attached hydrogens (tertiary/aromatic N) is 3. The highest BCUT2D eigenvalue weighted by Crippen LogP contribution is 2.27. The summed E-state index contributed by atoms with van der Waals surface area (Å²) in [6.07, 6.45) is 6.22. The monoisotopic (exact) mass is 211 g/mol. The smallest absolute Gasteiger partial charge is 0.208 e. The molecule has 0 saturated carbocycles. The zero-order valence-corrected chi connectivity index (χ0v) is 9.84. The minimum absolute atomic E-state index is 0.574. The first-order chi connectivity index (χ1) is 6.72. The van der Waals surface area contributed by atoms with Crippen molar-refractivity contribution in [3.8, 4) is 6.19 Å². The van der Waals surface area contributed by atoms with Crippen LogP contribution in [0.2, 0.25) is 0 Å². The van der Waals surface area contributed by atoms with Gasteiger partial charge in [0.05, 0.1) is 0 Å². The van der Waals surface area contributed by atoms with E-state index in [1.165, 1.54) is 6.42 Å². The van der Waals surface area contributed by atoms with E-state index in [2.05, 4.69) is 23.7 Å². The molecule has 1 aliphatic heterocycles. The lowest BCUT2D eigenvalue weighted by atomic mass is 10.1. The fourth-order valence-corrected chi connectivity index (χ4v) is 2.63. The van der Waals surface area contributed by atoms with Crippen LogP contribution in [0.1, 0.15) is 26.7 Å². The molecule has 0 spiro atoms. The van der Waals surface area contributed by atoms with Gasteiger partial charge in [0.25, 0.3) is 0 Å². The van der Waals surface area contributed by atoms with Crippen LogP contribution in [0.4, 0.5) is 0 Å². The van der Waals surface area contributed by atoms with Crippen LogP contribution in [-0.4, -0.2) is 28.9 Å². The van der Waals surface area contributed by atoms with Gasteiger partial charge in [0, 0.05) is 12.6 Å². The minimum Gasteiger partial charge on any atom is -0.347 e. The third kappa shape index (κ3) is 2.42. The lowest BCUT2D eigenvalue weighted by Gasteiger charge is -2.24. The molecule has 0 aromatic rings. The third-order valence-corrected chi connectivity index (χ3v) is 3.36. The van der Waals surface area contributed by atoms with E-state index in [9.17, 15) is 0 Å². The van der Waals surface area contributed by atoms with E-state index in [1.54, 1.807) is 11.8 Å². The third-order valence-electron chi connectivity index (χ3n) is 2.67. The van der Waals surface area contributed by atoms with Crippen molar-refractivity contribution in [2.24, 2.45) is 10.9 Å². The second kappa shape index (κ2) is 5.26. The number of amidine groups is 1. The normalized spacial score (nSPS) is 27.9. The number of thioether (sulfide) groups is 1. The lowest BCUT2D eigenvalue weighted by molar-refractivity contribution is 0.385. The van der Waals surface area contributed by atoms with Crippen molar-refractivity contribution in [1.29, 1.82) is 5.26 Å². The van der Waals surface area contributed by atoms with Crippen LogP contribution < -0.4 is 0 Å². The fraction of sp³-hybridized carbons (Fsp3) is 0.800. The summed E-state index contributed by atoms with van der Waals surface area (Å²) in [5, 5.41) is 9.45. The van der Waals surface area contributed by atoms with Crippen molar-refractivity contribution >= 4 is 16.9 Å². The summed E-state index contributed by atoms with van der Waals surface area (Å²) in [5.74, 6) is 0.719. The van der Waals surface area contributed by atoms with E-state index in [4.69, 9.17) is 5.26 Å². The van der Waals surface area contributed by atoms with Gasteiger partial charge in [-0.2, -0.15) is 5.26 Å². The van der Waals surface area contributed by atoms with Crippen LogP contribution in [0.25, 0.3) is 0 Å². The highest BCUT2D eigenvalue weighted by Gasteiger charge is 2.30. The summed E-state index contributed by atoms with van der Waals surface area (Å²) in [7, 11) is 0. The van der Waals surface area contributed by atoms with Crippen molar-refractivity contribution in [1.82, 2.24) is 4.90 Å². The van der Waals surface area contributed by atoms with E-state index in [0.717, 1.165) is 24.1 Å². The molecule has 0 aromatic heterocycles. The SMILES string of the molecule is CCC1CC(C)CN1C(=NC#N)SC. The molecule has 0 amide bonds. The van der Waals surface area contributed by atoms with Gasteiger partial charge in [-0.25, -0.2) is 0 Å². The van der Waals surface area contributed by atoms with Crippen LogP contribution in [0.5, 0.6) is 0 Å². The van der Waals surface area contributed by atoms with Gasteiger partial charge < -0.3 is 4.90 Å². The molecule has 1 fully saturated rings. The Labute approximate surface area is 90.2 Å². The average Bonchev–Trinajstić information content (AvgIpc) is 2.55. The van der Waals surface area contributed by atoms with Crippen molar-refractivity contribution in [3.05, 3.63) is 0 Å². The number of rotatable bonds is 1. The molecule has 2 unspecified atom stereocenters. The minimum atomic E-state index is 0.574. The topological polar surface area (TPSA) is 39.4 Å². The van der Waals surface area contributed by atoms with Crippen molar-refractivity contribution in [3.63, 3.8) is 0 Å². The predicted octanol–water partition coefficient (Wildman–Crippen LogP) is 2.31. The van der Waals surface area contributed by atoms with Crippen molar-refractivity contribution < 1.29 is 0 Å². The lowest BCUT2D eigenvalue weighted by Crippen LogP contribution is -2.33. The molecule has 0 N–H and O–H groups in total. The highest BCUT2D eigenvalue weighted by atomic mass is 32.2. The van der Waals surface area contributed by atoms with E-state index < -0.39 is 0 Å². The largest absolute Gasteiger partial charge is 0.347 e. The molecule has 14 heavy (non-hydrogen) atoms. The van der Waals surface area contributed by atoms with Crippen LogP contribution in [0, 0.1) is 17.4 Å². The summed E-state index contributed by atoms with van der Waals surface area (Å²) in [4.78, 5) is 6.14. The number of nitriles is 1. The zero-order chi connectivity index (χ0) is 10.6. The molecule has 0 bridgehead atoms. The Morgan fingerprint density at radius 1 is 1.71 bits per heavy atom. The maximum atomic E-state index is 8.58. The molecule has 1 rings (SSSR count). The van der Waals surface area contributed by atoms with Gasteiger partial charge in [-0.3, -0.25) is 0 Å². The van der Waals surface area contributed by atoms with E-state index in [0.29, 0.717) is 6.04 Å². The van der Waals surface area contributed by atoms with E-state index in [1.807, 2.05) is 12.4 Å². The second-order valence-corrected chi connectivity index (χ2v) is 4.53. The molecule has 1 aliphatic rings. The Hall–Kier alpha value is -0.690. The second-order valence-electron chi connectivity index (χ2n) is 3.75. The predicted molar refractivity (Wildman–Crippen MR) is 61.1 cm³/mol. The number of hydrogen-bond donors (Lipinski definition) is 0. The van der Waals surface area contributed by atoms with Gasteiger partial charge in [-0.1, -0.05) is 25.6 Å². The van der Waals surface area contributed by atoms with Crippen LogP contribution in [-0.2, 0) is 0 Å². The first-order valence-corrected chi connectivity index (χ1v) is 6.22. The Morgan fingerprint density at radius 2 is 2.43 bits per heavy atom. The molecule has 2 atom stereocenters. The molecule has 78 valence electrons. The number of hydrogen-bond acceptors (Lipinski definition) is 3. The first-order valence-electron chi connectivity index (χ1n) is 5.00. The van der Waals surface area contributed by atoms with E-state index in [-0.39, 0.29) is 0 Å². The molecule has 0 radical (unpaired) electrons. The summed E-state index contributed by atoms with van der Waals surface area (Å²) in [6.45, 7) is 5.49. The van der Waals surface area contributed by atoms with Gasteiger partial charge >= 0.3 is 0 Å². The molecule has 3 nitrogen and oxygen atoms in total. The first kappa shape index (κ1) is 11.4. The van der Waals surface area contributed by atoms with Gasteiger partial charge in [0.1, 0.15) is 0 Å². The summed E-state index contributed by atoms with van der Waals surface area (Å²) in [5.41, 5.74) is 0. The molecule has 1 heterocycles. The Bertz CT molecular complexity index is 257. The fourth-order valence-electron chi connectivity index (χ4n) is 2.04. The quantitative estimate of drug-likeness (QED) is 0.379. The van der Waals surface area contributed by atoms with Crippen LogP contribution in [0.15, 0.2) is 4.99 Å². The Balaban J connectivity index is 2.75. The summed E-state index contributed by atoms with van der Waals surface area (Å²) < 4.78 is 0. The molecule has 1 saturated heterocycles. The van der Waals surface area contributed by atoms with Crippen LogP contribution in [0.3, 0.4) is 0 Å². The maximum absolute atomic E-state index is 8.58. The Kier molecular flexibility index (Phi) is 4.27. The summed E-state index contributed by atoms with van der Waals surface area (Å²) >= 11 is 1.57. The highest BCUT2D eigenvalue weighted by molar-refractivity contribution is 8.13. The molecule has 4 heteroatoms. The molecular formula is C10H17N3S. The van der Waals surface area contributed by atoms with Gasteiger partial charge in [-0.05, 0) is 25.0 Å². The zero-order valence-electron chi connectivity index (χ0n) is 9.03. The Morgan fingerprint density at radius 3 is 2.93 bits per heavy atom. The van der Waals surface area contributed by atoms with E-state index >= 15 is 0 Å². The van der Waals surface area contributed by atoms with Gasteiger partial charge in [0.2, 0.25) is 6.19 Å². The summed E-state index contributed by atoms with van der Waals surface area (Å²) in [6, 6.07) is 0.574. The van der Waals surface area contributed by atoms with Crippen LogP contribution >= 0.6 is 11.8 Å². The molecular weight excluding hydrogens is 194 g/mol. The van der Waals surface area contributed by atoms with Crippen molar-refractivity contribution in [2.45, 2.75) is 32.7 Å². The van der Waals surface area contributed by atoms with Gasteiger partial charge in [-0.15, -0.1) is 4.99 Å². The van der Waals surface area contributed by atoms with Gasteiger partial charge in [0.15, 0.2) is 5.17 Å². The molecule has 0 aliphatic carbocycles. The van der Waals surface area contributed by atoms with Crippen molar-refractivity contribution in [2.75, 3.05) is 12.8 Å². The standard InChI is InChI=1S/C10H17N3S/c1-4-9-5-8(2)6-13(9)10(14-3)12-7-11/h8-9H,4-6H2,1-3H3. The number of likely N-dealkylation sites (tertiary alicyclic amines) is 1. The average molecular weight is 211 g/mol. The number of aliphatic imine (C=N–C) groups is 1.